The van der Waals surface area contributed by atoms with E-state index in [-0.39, 0.29) is 6.04 Å². The van der Waals surface area contributed by atoms with Crippen LogP contribution in [0.1, 0.15) is 24.1 Å². The van der Waals surface area contributed by atoms with Gasteiger partial charge in [0.05, 0.1) is 6.04 Å². The van der Waals surface area contributed by atoms with Gasteiger partial charge in [-0.25, -0.2) is 4.52 Å². The molecule has 0 fully saturated rings. The van der Waals surface area contributed by atoms with Gasteiger partial charge >= 0.3 is 0 Å². The lowest BCUT2D eigenvalue weighted by atomic mass is 10.1. The Hall–Kier alpha value is -1.88. The first-order valence-corrected chi connectivity index (χ1v) is 7.27. The summed E-state index contributed by atoms with van der Waals surface area (Å²) in [4.78, 5) is 4.53. The van der Waals surface area contributed by atoms with E-state index in [4.69, 9.17) is 0 Å². The van der Waals surface area contributed by atoms with E-state index in [1.54, 1.807) is 4.52 Å². The SMILES string of the molecule is Cc1cccn2nc(NC(C)c3cccc(Br)c3)nc12. The fourth-order valence-electron chi connectivity index (χ4n) is 2.15. The van der Waals surface area contributed by atoms with Gasteiger partial charge in [0.1, 0.15) is 0 Å². The van der Waals surface area contributed by atoms with Crippen LogP contribution in [0.25, 0.3) is 5.65 Å². The summed E-state index contributed by atoms with van der Waals surface area (Å²) in [6.07, 6.45) is 1.91. The maximum Gasteiger partial charge on any atom is 0.243 e. The Labute approximate surface area is 126 Å². The number of hydrogen-bond donors (Lipinski definition) is 1. The molecular formula is C15H15BrN4. The number of hydrogen-bond acceptors (Lipinski definition) is 3. The average Bonchev–Trinajstić information content (AvgIpc) is 2.83. The number of aryl methyl sites for hydroxylation is 1. The molecule has 1 atom stereocenters. The molecule has 20 heavy (non-hydrogen) atoms. The van der Waals surface area contributed by atoms with E-state index >= 15 is 0 Å². The minimum Gasteiger partial charge on any atom is -0.346 e. The molecule has 0 spiro atoms. The van der Waals surface area contributed by atoms with Gasteiger partial charge < -0.3 is 5.32 Å². The highest BCUT2D eigenvalue weighted by molar-refractivity contribution is 9.10. The van der Waals surface area contributed by atoms with Gasteiger partial charge in [0, 0.05) is 10.7 Å². The molecule has 0 aliphatic heterocycles. The van der Waals surface area contributed by atoms with Crippen molar-refractivity contribution in [2.24, 2.45) is 0 Å². The normalized spacial score (nSPS) is 12.6. The first-order chi connectivity index (χ1) is 9.63. The smallest absolute Gasteiger partial charge is 0.243 e. The lowest BCUT2D eigenvalue weighted by Gasteiger charge is -2.12. The van der Waals surface area contributed by atoms with E-state index in [9.17, 15) is 0 Å². The van der Waals surface area contributed by atoms with Crippen LogP contribution in [0, 0.1) is 6.92 Å². The zero-order valence-electron chi connectivity index (χ0n) is 11.3. The number of anilines is 1. The molecule has 0 radical (unpaired) electrons. The fraction of sp³-hybridized carbons (Fsp3) is 0.200. The van der Waals surface area contributed by atoms with E-state index in [1.807, 2.05) is 37.4 Å². The summed E-state index contributed by atoms with van der Waals surface area (Å²) < 4.78 is 2.87. The Morgan fingerprint density at radius 1 is 1.25 bits per heavy atom. The summed E-state index contributed by atoms with van der Waals surface area (Å²) in [5, 5.41) is 7.78. The highest BCUT2D eigenvalue weighted by atomic mass is 79.9. The molecule has 4 nitrogen and oxygen atoms in total. The van der Waals surface area contributed by atoms with Crippen LogP contribution in [-0.2, 0) is 0 Å². The third-order valence-corrected chi connectivity index (χ3v) is 3.74. The van der Waals surface area contributed by atoms with Crippen LogP contribution >= 0.6 is 15.9 Å². The molecule has 102 valence electrons. The van der Waals surface area contributed by atoms with Gasteiger partial charge in [-0.2, -0.15) is 4.98 Å². The number of fused-ring (bicyclic) bond motifs is 1. The lowest BCUT2D eigenvalue weighted by molar-refractivity contribution is 0.852. The van der Waals surface area contributed by atoms with Crippen molar-refractivity contribution in [1.29, 1.82) is 0 Å². The average molecular weight is 331 g/mol. The summed E-state index contributed by atoms with van der Waals surface area (Å²) >= 11 is 3.49. The van der Waals surface area contributed by atoms with Crippen molar-refractivity contribution in [3.8, 4) is 0 Å². The Bertz CT molecular complexity index is 750. The van der Waals surface area contributed by atoms with Crippen LogP contribution in [0.2, 0.25) is 0 Å². The van der Waals surface area contributed by atoms with Gasteiger partial charge in [-0.1, -0.05) is 34.1 Å². The Balaban J connectivity index is 1.87. The minimum absolute atomic E-state index is 0.144. The van der Waals surface area contributed by atoms with Crippen LogP contribution in [0.15, 0.2) is 47.1 Å². The molecular weight excluding hydrogens is 316 g/mol. The number of aromatic nitrogens is 3. The molecule has 0 saturated heterocycles. The summed E-state index contributed by atoms with van der Waals surface area (Å²) in [6.45, 7) is 4.13. The van der Waals surface area contributed by atoms with Crippen molar-refractivity contribution in [3.05, 3.63) is 58.2 Å². The van der Waals surface area contributed by atoms with Gasteiger partial charge in [0.2, 0.25) is 5.95 Å². The number of nitrogens with one attached hydrogen (secondary N) is 1. The Morgan fingerprint density at radius 2 is 2.10 bits per heavy atom. The molecule has 0 amide bonds. The number of rotatable bonds is 3. The van der Waals surface area contributed by atoms with Crippen molar-refractivity contribution >= 4 is 27.5 Å². The van der Waals surface area contributed by atoms with E-state index in [1.165, 1.54) is 5.56 Å². The zero-order valence-corrected chi connectivity index (χ0v) is 12.9. The van der Waals surface area contributed by atoms with Crippen molar-refractivity contribution in [3.63, 3.8) is 0 Å². The quantitative estimate of drug-likeness (QED) is 0.789. The second-order valence-electron chi connectivity index (χ2n) is 4.82. The zero-order chi connectivity index (χ0) is 14.1. The van der Waals surface area contributed by atoms with E-state index in [2.05, 4.69) is 50.4 Å². The molecule has 0 saturated carbocycles. The molecule has 0 aliphatic carbocycles. The lowest BCUT2D eigenvalue weighted by Crippen LogP contribution is -2.07. The van der Waals surface area contributed by atoms with Gasteiger partial charge in [-0.05, 0) is 43.2 Å². The van der Waals surface area contributed by atoms with Crippen molar-refractivity contribution in [2.45, 2.75) is 19.9 Å². The largest absolute Gasteiger partial charge is 0.346 e. The molecule has 2 heterocycles. The van der Waals surface area contributed by atoms with Gasteiger partial charge in [0.25, 0.3) is 0 Å². The highest BCUT2D eigenvalue weighted by Crippen LogP contribution is 2.21. The van der Waals surface area contributed by atoms with Crippen LogP contribution in [0.5, 0.6) is 0 Å². The fourth-order valence-corrected chi connectivity index (χ4v) is 2.57. The maximum atomic E-state index is 4.53. The van der Waals surface area contributed by atoms with Gasteiger partial charge in [0.15, 0.2) is 5.65 Å². The first-order valence-electron chi connectivity index (χ1n) is 6.47. The van der Waals surface area contributed by atoms with Gasteiger partial charge in [-0.3, -0.25) is 0 Å². The number of benzene rings is 1. The van der Waals surface area contributed by atoms with Crippen LogP contribution in [0.3, 0.4) is 0 Å². The van der Waals surface area contributed by atoms with Crippen molar-refractivity contribution in [2.75, 3.05) is 5.32 Å². The Morgan fingerprint density at radius 3 is 2.85 bits per heavy atom. The minimum atomic E-state index is 0.144. The predicted octanol–water partition coefficient (Wildman–Crippen LogP) is 3.97. The monoisotopic (exact) mass is 330 g/mol. The summed E-state index contributed by atoms with van der Waals surface area (Å²) in [6, 6.07) is 12.4. The summed E-state index contributed by atoms with van der Waals surface area (Å²) in [5.74, 6) is 0.645. The van der Waals surface area contributed by atoms with Gasteiger partial charge in [-0.15, -0.1) is 5.10 Å². The van der Waals surface area contributed by atoms with Crippen LogP contribution < -0.4 is 5.32 Å². The second kappa shape index (κ2) is 5.25. The molecule has 0 aliphatic rings. The van der Waals surface area contributed by atoms with Crippen molar-refractivity contribution in [1.82, 2.24) is 14.6 Å². The molecule has 2 aromatic heterocycles. The standard InChI is InChI=1S/C15H15BrN4/c1-10-5-4-8-20-14(10)18-15(19-20)17-11(2)12-6-3-7-13(16)9-12/h3-9,11H,1-2H3,(H,17,19). The molecule has 1 unspecified atom stereocenters. The Kier molecular flexibility index (Phi) is 3.44. The van der Waals surface area contributed by atoms with E-state index in [0.717, 1.165) is 15.7 Å². The topological polar surface area (TPSA) is 42.2 Å². The molecule has 3 aromatic rings. The van der Waals surface area contributed by atoms with Crippen LogP contribution in [0.4, 0.5) is 5.95 Å². The summed E-state index contributed by atoms with van der Waals surface area (Å²) in [7, 11) is 0. The number of pyridine rings is 1. The molecule has 1 aromatic carbocycles. The third kappa shape index (κ3) is 2.54. The van der Waals surface area contributed by atoms with Crippen molar-refractivity contribution < 1.29 is 0 Å². The summed E-state index contributed by atoms with van der Waals surface area (Å²) in [5.41, 5.74) is 3.19. The van der Waals surface area contributed by atoms with Crippen LogP contribution in [-0.4, -0.2) is 14.6 Å². The highest BCUT2D eigenvalue weighted by Gasteiger charge is 2.10. The molecule has 0 bridgehead atoms. The maximum absolute atomic E-state index is 4.53. The molecule has 3 rings (SSSR count). The van der Waals surface area contributed by atoms with E-state index < -0.39 is 0 Å². The first kappa shape index (κ1) is 13.1. The van der Waals surface area contributed by atoms with E-state index in [0.29, 0.717) is 5.95 Å². The number of nitrogens with zero attached hydrogens (tertiary/aromatic N) is 3. The number of halogens is 1. The molecule has 5 heteroatoms. The molecule has 1 N–H and O–H groups in total. The predicted molar refractivity (Wildman–Crippen MR) is 83.9 cm³/mol. The second-order valence-corrected chi connectivity index (χ2v) is 5.73. The third-order valence-electron chi connectivity index (χ3n) is 3.25.